The zero-order valence-electron chi connectivity index (χ0n) is 17.8. The van der Waals surface area contributed by atoms with Crippen LogP contribution in [0.5, 0.6) is 17.2 Å². The van der Waals surface area contributed by atoms with Crippen LogP contribution in [0.25, 0.3) is 0 Å². The summed E-state index contributed by atoms with van der Waals surface area (Å²) in [5.74, 6) is 1.41. The molecule has 0 saturated carbocycles. The van der Waals surface area contributed by atoms with Gasteiger partial charge in [-0.1, -0.05) is 6.07 Å². The molecule has 0 unspecified atom stereocenters. The number of methoxy groups -OCH3 is 1. The molecule has 0 bridgehead atoms. The molecule has 0 aliphatic carbocycles. The molecule has 0 atom stereocenters. The lowest BCUT2D eigenvalue weighted by atomic mass is 10.3. The second-order valence-electron chi connectivity index (χ2n) is 7.55. The van der Waals surface area contributed by atoms with Crippen molar-refractivity contribution in [3.8, 4) is 17.2 Å². The predicted molar refractivity (Wildman–Crippen MR) is 118 cm³/mol. The summed E-state index contributed by atoms with van der Waals surface area (Å²) in [5, 5.41) is 0. The topological polar surface area (TPSA) is 102 Å². The van der Waals surface area contributed by atoms with Crippen LogP contribution in [0.4, 0.5) is 0 Å². The summed E-state index contributed by atoms with van der Waals surface area (Å²) in [4.78, 5) is 2.35. The SMILES string of the molecule is COc1cccc(S(=O)(=O)CCN2CCN(S(=O)(=O)c3ccc4c(c3)OCCO4)CC2)c1. The van der Waals surface area contributed by atoms with E-state index in [1.807, 2.05) is 4.90 Å². The molecule has 174 valence electrons. The van der Waals surface area contributed by atoms with E-state index in [1.54, 1.807) is 24.3 Å². The Labute approximate surface area is 188 Å². The van der Waals surface area contributed by atoms with Gasteiger partial charge >= 0.3 is 0 Å². The lowest BCUT2D eigenvalue weighted by Gasteiger charge is -2.34. The molecule has 2 aromatic rings. The van der Waals surface area contributed by atoms with Gasteiger partial charge < -0.3 is 14.2 Å². The first-order valence-corrected chi connectivity index (χ1v) is 13.4. The highest BCUT2D eigenvalue weighted by molar-refractivity contribution is 7.91. The van der Waals surface area contributed by atoms with Crippen molar-refractivity contribution < 1.29 is 31.0 Å². The van der Waals surface area contributed by atoms with Gasteiger partial charge in [-0.05, 0) is 30.3 Å². The first-order valence-electron chi connectivity index (χ1n) is 10.3. The second-order valence-corrected chi connectivity index (χ2v) is 11.6. The van der Waals surface area contributed by atoms with E-state index in [-0.39, 0.29) is 28.6 Å². The van der Waals surface area contributed by atoms with Crippen LogP contribution >= 0.6 is 0 Å². The van der Waals surface area contributed by atoms with Crippen molar-refractivity contribution in [1.82, 2.24) is 9.21 Å². The van der Waals surface area contributed by atoms with E-state index in [0.717, 1.165) is 0 Å². The first kappa shape index (κ1) is 22.8. The number of piperazine rings is 1. The normalized spacial score (nSPS) is 17.8. The molecule has 0 amide bonds. The Morgan fingerprint density at radius 1 is 0.875 bits per heavy atom. The highest BCUT2D eigenvalue weighted by Crippen LogP contribution is 2.33. The van der Waals surface area contributed by atoms with E-state index < -0.39 is 19.9 Å². The fourth-order valence-electron chi connectivity index (χ4n) is 3.69. The van der Waals surface area contributed by atoms with Gasteiger partial charge in [0.25, 0.3) is 0 Å². The van der Waals surface area contributed by atoms with Crippen molar-refractivity contribution in [3.05, 3.63) is 42.5 Å². The van der Waals surface area contributed by atoms with Gasteiger partial charge in [0.15, 0.2) is 21.3 Å². The number of ether oxygens (including phenoxy) is 3. The van der Waals surface area contributed by atoms with Crippen molar-refractivity contribution in [2.45, 2.75) is 9.79 Å². The molecule has 1 fully saturated rings. The summed E-state index contributed by atoms with van der Waals surface area (Å²) in [5.41, 5.74) is 0. The Hall–Kier alpha value is -2.34. The number of sulfone groups is 1. The number of hydrogen-bond donors (Lipinski definition) is 0. The molecule has 0 radical (unpaired) electrons. The van der Waals surface area contributed by atoms with Crippen molar-refractivity contribution in [2.24, 2.45) is 0 Å². The quantitative estimate of drug-likeness (QED) is 0.581. The standard InChI is InChI=1S/C21H26N2O7S2/c1-28-17-3-2-4-18(15-17)31(24,25)14-11-22-7-9-23(10-8-22)32(26,27)19-5-6-20-21(16-19)30-13-12-29-20/h2-6,15-16H,7-14H2,1H3. The third-order valence-electron chi connectivity index (χ3n) is 5.56. The number of benzene rings is 2. The Balaban J connectivity index is 1.35. The fourth-order valence-corrected chi connectivity index (χ4v) is 6.44. The average molecular weight is 483 g/mol. The van der Waals surface area contributed by atoms with Crippen LogP contribution in [-0.2, 0) is 19.9 Å². The molecule has 0 aromatic heterocycles. The van der Waals surface area contributed by atoms with Crippen LogP contribution < -0.4 is 14.2 Å². The molecular formula is C21H26N2O7S2. The maximum absolute atomic E-state index is 13.0. The Morgan fingerprint density at radius 2 is 1.59 bits per heavy atom. The fraction of sp³-hybridized carbons (Fsp3) is 0.429. The largest absolute Gasteiger partial charge is 0.497 e. The minimum atomic E-state index is -3.67. The zero-order valence-corrected chi connectivity index (χ0v) is 19.4. The zero-order chi connectivity index (χ0) is 22.8. The van der Waals surface area contributed by atoms with Crippen molar-refractivity contribution in [3.63, 3.8) is 0 Å². The summed E-state index contributed by atoms with van der Waals surface area (Å²) in [6, 6.07) is 11.0. The van der Waals surface area contributed by atoms with Crippen molar-refractivity contribution in [2.75, 3.05) is 58.8 Å². The number of hydrogen-bond acceptors (Lipinski definition) is 8. The van der Waals surface area contributed by atoms with Gasteiger partial charge in [-0.15, -0.1) is 0 Å². The van der Waals surface area contributed by atoms with Crippen molar-refractivity contribution in [1.29, 1.82) is 0 Å². The number of fused-ring (bicyclic) bond motifs is 1. The summed E-state index contributed by atoms with van der Waals surface area (Å²) >= 11 is 0. The first-order chi connectivity index (χ1) is 15.3. The van der Waals surface area contributed by atoms with Gasteiger partial charge in [0.2, 0.25) is 10.0 Å². The molecule has 32 heavy (non-hydrogen) atoms. The summed E-state index contributed by atoms with van der Waals surface area (Å²) < 4.78 is 68.9. The van der Waals surface area contributed by atoms with E-state index in [2.05, 4.69) is 0 Å². The molecular weight excluding hydrogens is 456 g/mol. The molecule has 2 aliphatic rings. The lowest BCUT2D eigenvalue weighted by molar-refractivity contribution is 0.171. The Kier molecular flexibility index (Phi) is 6.61. The van der Waals surface area contributed by atoms with Crippen LogP contribution in [0.2, 0.25) is 0 Å². The van der Waals surface area contributed by atoms with Gasteiger partial charge in [0, 0.05) is 38.8 Å². The Bertz CT molecular complexity index is 1170. The predicted octanol–water partition coefficient (Wildman–Crippen LogP) is 1.25. The van der Waals surface area contributed by atoms with Crippen LogP contribution in [0, 0.1) is 0 Å². The second kappa shape index (κ2) is 9.26. The van der Waals surface area contributed by atoms with Crippen LogP contribution in [0.15, 0.2) is 52.3 Å². The highest BCUT2D eigenvalue weighted by Gasteiger charge is 2.30. The molecule has 1 saturated heterocycles. The molecule has 2 aliphatic heterocycles. The molecule has 0 spiro atoms. The molecule has 2 aromatic carbocycles. The maximum atomic E-state index is 13.0. The Morgan fingerprint density at radius 3 is 2.31 bits per heavy atom. The molecule has 4 rings (SSSR count). The van der Waals surface area contributed by atoms with Crippen LogP contribution in [0.1, 0.15) is 0 Å². The van der Waals surface area contributed by atoms with Crippen LogP contribution in [-0.4, -0.2) is 84.8 Å². The molecule has 9 nitrogen and oxygen atoms in total. The van der Waals surface area contributed by atoms with E-state index >= 15 is 0 Å². The average Bonchev–Trinajstić information content (AvgIpc) is 2.82. The van der Waals surface area contributed by atoms with Gasteiger partial charge in [-0.2, -0.15) is 4.31 Å². The summed E-state index contributed by atoms with van der Waals surface area (Å²) in [6.07, 6.45) is 0. The van der Waals surface area contributed by atoms with Gasteiger partial charge in [0.05, 0.1) is 22.7 Å². The smallest absolute Gasteiger partial charge is 0.243 e. The summed E-state index contributed by atoms with van der Waals surface area (Å²) in [7, 11) is -5.65. The summed E-state index contributed by atoms with van der Waals surface area (Å²) in [6.45, 7) is 2.64. The lowest BCUT2D eigenvalue weighted by Crippen LogP contribution is -2.49. The van der Waals surface area contributed by atoms with Crippen molar-refractivity contribution >= 4 is 19.9 Å². The van der Waals surface area contributed by atoms with E-state index in [9.17, 15) is 16.8 Å². The van der Waals surface area contributed by atoms with E-state index in [0.29, 0.717) is 50.1 Å². The minimum absolute atomic E-state index is 0.0465. The monoisotopic (exact) mass is 482 g/mol. The minimum Gasteiger partial charge on any atom is -0.497 e. The van der Waals surface area contributed by atoms with Gasteiger partial charge in [-0.25, -0.2) is 16.8 Å². The highest BCUT2D eigenvalue weighted by atomic mass is 32.2. The van der Waals surface area contributed by atoms with Gasteiger partial charge in [-0.3, -0.25) is 4.90 Å². The van der Waals surface area contributed by atoms with E-state index in [4.69, 9.17) is 14.2 Å². The number of nitrogens with zero attached hydrogens (tertiary/aromatic N) is 2. The van der Waals surface area contributed by atoms with E-state index in [1.165, 1.54) is 29.6 Å². The third kappa shape index (κ3) is 4.85. The third-order valence-corrected chi connectivity index (χ3v) is 9.15. The molecule has 11 heteroatoms. The maximum Gasteiger partial charge on any atom is 0.243 e. The molecule has 0 N–H and O–H groups in total. The number of sulfonamides is 1. The van der Waals surface area contributed by atoms with Crippen LogP contribution in [0.3, 0.4) is 0 Å². The molecule has 2 heterocycles. The van der Waals surface area contributed by atoms with Gasteiger partial charge in [0.1, 0.15) is 19.0 Å². The number of rotatable bonds is 7.